The van der Waals surface area contributed by atoms with Crippen molar-refractivity contribution in [3.8, 4) is 5.75 Å². The van der Waals surface area contributed by atoms with Gasteiger partial charge in [0, 0.05) is 18.9 Å². The van der Waals surface area contributed by atoms with Gasteiger partial charge in [-0.3, -0.25) is 0 Å². The van der Waals surface area contributed by atoms with Gasteiger partial charge < -0.3 is 20.3 Å². The molecule has 1 saturated heterocycles. The number of ether oxygens (including phenoxy) is 1. The minimum Gasteiger partial charge on any atom is -0.508 e. The van der Waals surface area contributed by atoms with E-state index in [4.69, 9.17) is 4.74 Å². The molecule has 4 rings (SSSR count). The molecule has 0 unspecified atom stereocenters. The Balaban J connectivity index is 1.44. The van der Waals surface area contributed by atoms with Crippen molar-refractivity contribution in [2.45, 2.75) is 37.1 Å². The summed E-state index contributed by atoms with van der Waals surface area (Å²) in [7, 11) is 0. The van der Waals surface area contributed by atoms with Gasteiger partial charge in [0.15, 0.2) is 0 Å². The third-order valence-electron chi connectivity index (χ3n) is 5.62. The second kappa shape index (κ2) is 9.23. The molecule has 1 heterocycles. The van der Waals surface area contributed by atoms with E-state index in [9.17, 15) is 10.2 Å². The average Bonchev–Trinajstić information content (AvgIpc) is 2.76. The molecule has 0 saturated carbocycles. The first-order valence-electron chi connectivity index (χ1n) is 10.1. The first kappa shape index (κ1) is 19.6. The summed E-state index contributed by atoms with van der Waals surface area (Å²) in [6.07, 6.45) is 0.00383. The van der Waals surface area contributed by atoms with Gasteiger partial charge in [-0.05, 0) is 28.8 Å². The van der Waals surface area contributed by atoms with Crippen LogP contribution in [-0.2, 0) is 11.3 Å². The van der Waals surface area contributed by atoms with Gasteiger partial charge in [-0.1, -0.05) is 72.8 Å². The summed E-state index contributed by atoms with van der Waals surface area (Å²) in [5, 5.41) is 23.6. The number of hydrogen-bond acceptors (Lipinski definition) is 4. The Morgan fingerprint density at radius 2 is 1.45 bits per heavy atom. The first-order chi connectivity index (χ1) is 14.2. The number of aromatic hydroxyl groups is 1. The van der Waals surface area contributed by atoms with Gasteiger partial charge in [-0.15, -0.1) is 0 Å². The molecule has 1 aliphatic rings. The maximum atomic E-state index is 10.8. The van der Waals surface area contributed by atoms with E-state index >= 15 is 0 Å². The molecule has 29 heavy (non-hydrogen) atoms. The van der Waals surface area contributed by atoms with Crippen LogP contribution >= 0.6 is 0 Å². The number of hydrogen-bond donors (Lipinski definition) is 3. The quantitative estimate of drug-likeness (QED) is 0.600. The lowest BCUT2D eigenvalue weighted by Crippen LogP contribution is -2.50. The lowest BCUT2D eigenvalue weighted by atomic mass is 9.82. The molecule has 0 bridgehead atoms. The Bertz CT molecular complexity index is 843. The molecular weight excluding hydrogens is 362 g/mol. The monoisotopic (exact) mass is 389 g/mol. The second-order valence-corrected chi connectivity index (χ2v) is 7.63. The summed E-state index contributed by atoms with van der Waals surface area (Å²) in [5.74, 6) is 0.343. The summed E-state index contributed by atoms with van der Waals surface area (Å²) in [5.41, 5.74) is 3.46. The number of aliphatic hydroxyl groups is 1. The summed E-state index contributed by atoms with van der Waals surface area (Å²) < 4.78 is 6.28. The predicted molar refractivity (Wildman–Crippen MR) is 114 cm³/mol. The molecule has 150 valence electrons. The molecule has 4 heteroatoms. The van der Waals surface area contributed by atoms with Crippen LogP contribution in [-0.4, -0.2) is 35.1 Å². The molecule has 0 amide bonds. The fraction of sp³-hybridized carbons (Fsp3) is 0.280. The zero-order valence-electron chi connectivity index (χ0n) is 16.3. The van der Waals surface area contributed by atoms with Crippen LogP contribution in [0, 0.1) is 0 Å². The highest BCUT2D eigenvalue weighted by atomic mass is 16.5. The fourth-order valence-electron chi connectivity index (χ4n) is 4.04. The van der Waals surface area contributed by atoms with Crippen LogP contribution in [0.15, 0.2) is 84.9 Å². The highest BCUT2D eigenvalue weighted by Gasteiger charge is 2.35. The molecule has 0 aromatic heterocycles. The molecule has 3 N–H and O–H groups in total. The van der Waals surface area contributed by atoms with Crippen LogP contribution in [0.4, 0.5) is 0 Å². The molecule has 0 spiro atoms. The van der Waals surface area contributed by atoms with E-state index < -0.39 is 6.10 Å². The van der Waals surface area contributed by atoms with E-state index in [0.29, 0.717) is 19.6 Å². The van der Waals surface area contributed by atoms with Gasteiger partial charge >= 0.3 is 0 Å². The largest absolute Gasteiger partial charge is 0.508 e. The second-order valence-electron chi connectivity index (χ2n) is 7.63. The van der Waals surface area contributed by atoms with E-state index in [0.717, 1.165) is 5.56 Å². The minimum absolute atomic E-state index is 0.0819. The minimum atomic E-state index is -0.485. The number of phenolic OH excluding ortho intramolecular Hbond substituents is 1. The number of phenols is 1. The van der Waals surface area contributed by atoms with Crippen molar-refractivity contribution in [2.24, 2.45) is 0 Å². The Kier molecular flexibility index (Phi) is 6.25. The molecule has 3 aromatic carbocycles. The van der Waals surface area contributed by atoms with Crippen LogP contribution in [0.2, 0.25) is 0 Å². The van der Waals surface area contributed by atoms with E-state index in [1.54, 1.807) is 12.1 Å². The van der Waals surface area contributed by atoms with Crippen molar-refractivity contribution in [3.63, 3.8) is 0 Å². The highest BCUT2D eigenvalue weighted by Crippen LogP contribution is 2.34. The summed E-state index contributed by atoms with van der Waals surface area (Å²) >= 11 is 0. The Labute approximate surface area is 171 Å². The molecule has 3 aromatic rings. The zero-order chi connectivity index (χ0) is 20.1. The Morgan fingerprint density at radius 1 is 0.862 bits per heavy atom. The zero-order valence-corrected chi connectivity index (χ0v) is 16.3. The molecule has 0 radical (unpaired) electrons. The van der Waals surface area contributed by atoms with E-state index in [2.05, 4.69) is 29.6 Å². The number of rotatable bonds is 6. The van der Waals surface area contributed by atoms with Crippen molar-refractivity contribution in [3.05, 3.63) is 102 Å². The summed E-state index contributed by atoms with van der Waals surface area (Å²) in [6.45, 7) is 1.08. The van der Waals surface area contributed by atoms with E-state index in [1.807, 2.05) is 48.5 Å². The Hall–Kier alpha value is -2.66. The number of aliphatic hydroxyl groups excluding tert-OH is 1. The first-order valence-corrected chi connectivity index (χ1v) is 10.1. The van der Waals surface area contributed by atoms with Gasteiger partial charge in [0.25, 0.3) is 0 Å². The molecular formula is C25H27NO3. The normalized spacial score (nSPS) is 21.9. The molecule has 3 atom stereocenters. The lowest BCUT2D eigenvalue weighted by molar-refractivity contribution is -0.0718. The SMILES string of the molecule is Oc1ccc(CN[C@H]2CO[C@H](C(c3ccccc3)c3ccccc3)C[C@@H]2O)cc1. The van der Waals surface area contributed by atoms with Gasteiger partial charge in [-0.25, -0.2) is 0 Å². The predicted octanol–water partition coefficient (Wildman–Crippen LogP) is 3.83. The van der Waals surface area contributed by atoms with Crippen LogP contribution in [0.5, 0.6) is 5.75 Å². The van der Waals surface area contributed by atoms with Gasteiger partial charge in [0.1, 0.15) is 5.75 Å². The van der Waals surface area contributed by atoms with Crippen molar-refractivity contribution in [1.29, 1.82) is 0 Å². The Morgan fingerprint density at radius 3 is 2.00 bits per heavy atom. The van der Waals surface area contributed by atoms with E-state index in [1.165, 1.54) is 11.1 Å². The lowest BCUT2D eigenvalue weighted by Gasteiger charge is -2.38. The average molecular weight is 389 g/mol. The van der Waals surface area contributed by atoms with Crippen molar-refractivity contribution < 1.29 is 14.9 Å². The standard InChI is InChI=1S/C25H27NO3/c27-21-13-11-18(12-14-21)16-26-22-17-29-24(15-23(22)28)25(19-7-3-1-4-8-19)20-9-5-2-6-10-20/h1-14,22-28H,15-17H2/t22-,23-,24-/m0/s1. The smallest absolute Gasteiger partial charge is 0.115 e. The number of nitrogens with one attached hydrogen (secondary N) is 1. The maximum absolute atomic E-state index is 10.8. The van der Waals surface area contributed by atoms with Crippen molar-refractivity contribution >= 4 is 0 Å². The molecule has 4 nitrogen and oxygen atoms in total. The van der Waals surface area contributed by atoms with Crippen LogP contribution in [0.3, 0.4) is 0 Å². The summed E-state index contributed by atoms with van der Waals surface area (Å²) in [4.78, 5) is 0. The van der Waals surface area contributed by atoms with Gasteiger partial charge in [0.2, 0.25) is 0 Å². The maximum Gasteiger partial charge on any atom is 0.115 e. The summed E-state index contributed by atoms with van der Waals surface area (Å²) in [6, 6.07) is 27.7. The van der Waals surface area contributed by atoms with Gasteiger partial charge in [0.05, 0.1) is 24.9 Å². The molecule has 1 fully saturated rings. The molecule has 1 aliphatic heterocycles. The third-order valence-corrected chi connectivity index (χ3v) is 5.62. The third kappa shape index (κ3) is 4.85. The van der Waals surface area contributed by atoms with E-state index in [-0.39, 0.29) is 23.8 Å². The van der Waals surface area contributed by atoms with Crippen molar-refractivity contribution in [2.75, 3.05) is 6.61 Å². The van der Waals surface area contributed by atoms with Crippen LogP contribution < -0.4 is 5.32 Å². The molecule has 0 aliphatic carbocycles. The van der Waals surface area contributed by atoms with Crippen molar-refractivity contribution in [1.82, 2.24) is 5.32 Å². The topological polar surface area (TPSA) is 61.7 Å². The number of benzene rings is 3. The fourth-order valence-corrected chi connectivity index (χ4v) is 4.04. The van der Waals surface area contributed by atoms with Crippen LogP contribution in [0.25, 0.3) is 0 Å². The highest BCUT2D eigenvalue weighted by molar-refractivity contribution is 5.34. The van der Waals surface area contributed by atoms with Crippen LogP contribution in [0.1, 0.15) is 29.0 Å². The van der Waals surface area contributed by atoms with Gasteiger partial charge in [-0.2, -0.15) is 0 Å².